The van der Waals surface area contributed by atoms with Crippen molar-refractivity contribution in [2.45, 2.75) is 0 Å². The number of benzene rings is 1. The zero-order chi connectivity index (χ0) is 8.59. The molecule has 0 spiro atoms. The van der Waals surface area contributed by atoms with Crippen molar-refractivity contribution in [3.63, 3.8) is 0 Å². The van der Waals surface area contributed by atoms with Crippen LogP contribution in [0.1, 0.15) is 2.74 Å². The fraction of sp³-hybridized carbons (Fsp3) is 0. The Bertz CT molecular complexity index is 275. The van der Waals surface area contributed by atoms with Crippen molar-refractivity contribution >= 4 is 5.69 Å². The molecule has 0 saturated heterocycles. The summed E-state index contributed by atoms with van der Waals surface area (Å²) in [6, 6.07) is -0.790. The highest BCUT2D eigenvalue weighted by Gasteiger charge is 1.96. The second-order valence-corrected chi connectivity index (χ2v) is 1.50. The van der Waals surface area contributed by atoms with E-state index in [1.54, 1.807) is 0 Å². The Balaban J connectivity index is 3.46. The zero-order valence-corrected chi connectivity index (χ0v) is 4.41. The molecule has 1 aromatic carbocycles. The van der Waals surface area contributed by atoms with Crippen molar-refractivity contribution in [1.29, 1.82) is 0 Å². The summed E-state index contributed by atoms with van der Waals surface area (Å²) in [5.41, 5.74) is 4.51. The van der Waals surface area contributed by atoms with Crippen LogP contribution in [0.3, 0.4) is 0 Å². The van der Waals surface area contributed by atoms with Crippen LogP contribution in [0.4, 0.5) is 14.5 Å². The number of nitrogens with two attached hydrogens (primary N) is 1. The topological polar surface area (TPSA) is 26.0 Å². The summed E-state index contributed by atoms with van der Waals surface area (Å²) in [4.78, 5) is 0. The van der Waals surface area contributed by atoms with Crippen LogP contribution in [0.5, 0.6) is 0 Å². The molecule has 1 rings (SSSR count). The average Bonchev–Trinajstić information content (AvgIpc) is 1.97. The normalized spacial score (nSPS) is 12.7. The minimum atomic E-state index is -1.07. The molecule has 3 heteroatoms. The van der Waals surface area contributed by atoms with Crippen LogP contribution in [-0.2, 0) is 0 Å². The third kappa shape index (κ3) is 1.16. The van der Waals surface area contributed by atoms with Crippen molar-refractivity contribution in [3.05, 3.63) is 29.8 Å². The Hall–Kier alpha value is -1.12. The van der Waals surface area contributed by atoms with Gasteiger partial charge in [0.05, 0.1) is 8.43 Å². The van der Waals surface area contributed by atoms with Crippen LogP contribution in [-0.4, -0.2) is 0 Å². The van der Waals surface area contributed by atoms with Crippen LogP contribution in [0.2, 0.25) is 0 Å². The van der Waals surface area contributed by atoms with E-state index >= 15 is 0 Å². The van der Waals surface area contributed by atoms with Crippen molar-refractivity contribution in [3.8, 4) is 0 Å². The highest BCUT2D eigenvalue weighted by atomic mass is 19.1. The predicted octanol–water partition coefficient (Wildman–Crippen LogP) is 1.55. The van der Waals surface area contributed by atoms with Crippen LogP contribution < -0.4 is 5.73 Å². The van der Waals surface area contributed by atoms with Gasteiger partial charge in [0.15, 0.2) is 0 Å². The minimum Gasteiger partial charge on any atom is -0.396 e. The van der Waals surface area contributed by atoms with Gasteiger partial charge in [0, 0.05) is 6.07 Å². The average molecular weight is 131 g/mol. The van der Waals surface area contributed by atoms with E-state index in [0.717, 1.165) is 0 Å². The molecule has 0 aliphatic heterocycles. The third-order valence-corrected chi connectivity index (χ3v) is 0.827. The summed E-state index contributed by atoms with van der Waals surface area (Å²) in [7, 11) is 0. The van der Waals surface area contributed by atoms with Crippen molar-refractivity contribution in [2.75, 3.05) is 5.73 Å². The molecular formula is C6H5F2N. The summed E-state index contributed by atoms with van der Waals surface area (Å²) >= 11 is 0. The summed E-state index contributed by atoms with van der Waals surface area (Å²) in [6.45, 7) is 0. The Kier molecular flexibility index (Phi) is 0.853. The number of hydrogen-bond donors (Lipinski definition) is 1. The van der Waals surface area contributed by atoms with Crippen LogP contribution in [0, 0.1) is 11.6 Å². The van der Waals surface area contributed by atoms with Crippen LogP contribution in [0.15, 0.2) is 18.2 Å². The van der Waals surface area contributed by atoms with Gasteiger partial charge in [0.1, 0.15) is 11.6 Å². The summed E-state index contributed by atoms with van der Waals surface area (Å²) < 4.78 is 38.7. The Morgan fingerprint density at radius 1 is 1.44 bits per heavy atom. The minimum absolute atomic E-state index is 0.489. The molecule has 1 nitrogen and oxygen atoms in total. The van der Waals surface area contributed by atoms with E-state index in [9.17, 15) is 8.78 Å². The van der Waals surface area contributed by atoms with Crippen molar-refractivity contribution in [1.82, 2.24) is 0 Å². The van der Waals surface area contributed by atoms with Gasteiger partial charge in [-0.15, -0.1) is 0 Å². The van der Waals surface area contributed by atoms with Gasteiger partial charge in [0.25, 0.3) is 0 Å². The number of rotatable bonds is 0. The first kappa shape index (κ1) is 3.82. The lowest BCUT2D eigenvalue weighted by Crippen LogP contribution is -1.89. The van der Waals surface area contributed by atoms with E-state index in [-0.39, 0.29) is 0 Å². The maximum Gasteiger partial charge on any atom is 0.148 e. The Morgan fingerprint density at radius 2 is 2.11 bits per heavy atom. The number of nitrogen functional groups attached to an aromatic ring is 1. The smallest absolute Gasteiger partial charge is 0.148 e. The van der Waals surface area contributed by atoms with Gasteiger partial charge in [-0.25, -0.2) is 8.78 Å². The molecule has 0 amide bonds. The first-order valence-corrected chi connectivity index (χ1v) is 2.24. The standard InChI is InChI=1S/C6H5F2N/c7-4-1-2-6(9)5(8)3-4/h1-3H,9H2/i1D,2D. The third-order valence-electron chi connectivity index (χ3n) is 0.827. The van der Waals surface area contributed by atoms with Crippen molar-refractivity contribution in [2.24, 2.45) is 0 Å². The van der Waals surface area contributed by atoms with E-state index in [1.165, 1.54) is 0 Å². The maximum absolute atomic E-state index is 12.5. The molecule has 0 bridgehead atoms. The SMILES string of the molecule is [2H]c1c(F)cc(F)c(N)c1[2H]. The van der Waals surface area contributed by atoms with E-state index in [1.807, 2.05) is 0 Å². The largest absolute Gasteiger partial charge is 0.396 e. The second-order valence-electron chi connectivity index (χ2n) is 1.50. The van der Waals surface area contributed by atoms with Crippen LogP contribution in [0.25, 0.3) is 0 Å². The van der Waals surface area contributed by atoms with E-state index in [4.69, 9.17) is 8.48 Å². The number of halogens is 2. The molecule has 0 aliphatic carbocycles. The van der Waals surface area contributed by atoms with Gasteiger partial charge in [-0.05, 0) is 12.1 Å². The molecule has 9 heavy (non-hydrogen) atoms. The van der Waals surface area contributed by atoms with Gasteiger partial charge in [-0.2, -0.15) is 0 Å². The lowest BCUT2D eigenvalue weighted by molar-refractivity contribution is 0.586. The highest BCUT2D eigenvalue weighted by molar-refractivity contribution is 5.38. The van der Waals surface area contributed by atoms with Gasteiger partial charge in [-0.3, -0.25) is 0 Å². The van der Waals surface area contributed by atoms with E-state index in [0.29, 0.717) is 6.07 Å². The molecule has 0 unspecified atom stereocenters. The zero-order valence-electron chi connectivity index (χ0n) is 6.41. The lowest BCUT2D eigenvalue weighted by Gasteiger charge is -1.92. The number of hydrogen-bond acceptors (Lipinski definition) is 1. The molecular weight excluding hydrogens is 124 g/mol. The fourth-order valence-electron chi connectivity index (χ4n) is 0.412. The molecule has 48 valence electrons. The molecule has 0 aliphatic rings. The first-order valence-electron chi connectivity index (χ1n) is 3.24. The van der Waals surface area contributed by atoms with Gasteiger partial charge in [-0.1, -0.05) is 0 Å². The van der Waals surface area contributed by atoms with Gasteiger partial charge < -0.3 is 5.73 Å². The molecule has 0 aromatic heterocycles. The Labute approximate surface area is 53.9 Å². The Morgan fingerprint density at radius 3 is 2.78 bits per heavy atom. The summed E-state index contributed by atoms with van der Waals surface area (Å²) in [5, 5.41) is 0. The molecule has 0 atom stereocenters. The number of anilines is 1. The molecule has 0 fully saturated rings. The molecule has 0 heterocycles. The molecule has 1 aromatic rings. The monoisotopic (exact) mass is 131 g/mol. The van der Waals surface area contributed by atoms with E-state index in [2.05, 4.69) is 0 Å². The summed E-state index contributed by atoms with van der Waals surface area (Å²) in [5.74, 6) is -2.06. The quantitative estimate of drug-likeness (QED) is 0.531. The fourth-order valence-corrected chi connectivity index (χ4v) is 0.412. The van der Waals surface area contributed by atoms with Crippen LogP contribution >= 0.6 is 0 Å². The predicted molar refractivity (Wildman–Crippen MR) is 30.8 cm³/mol. The first-order chi connectivity index (χ1) is 5.04. The van der Waals surface area contributed by atoms with Gasteiger partial charge in [0.2, 0.25) is 0 Å². The highest BCUT2D eigenvalue weighted by Crippen LogP contribution is 2.09. The van der Waals surface area contributed by atoms with E-state index < -0.39 is 29.4 Å². The molecule has 0 saturated carbocycles. The molecule has 0 radical (unpaired) electrons. The van der Waals surface area contributed by atoms with Crippen molar-refractivity contribution < 1.29 is 11.5 Å². The second kappa shape index (κ2) is 2.01. The lowest BCUT2D eigenvalue weighted by atomic mass is 10.3. The molecule has 2 N–H and O–H groups in total. The summed E-state index contributed by atoms with van der Waals surface area (Å²) in [6.07, 6.45) is 0. The van der Waals surface area contributed by atoms with Gasteiger partial charge >= 0.3 is 0 Å². The maximum atomic E-state index is 12.5.